The summed E-state index contributed by atoms with van der Waals surface area (Å²) in [5.41, 5.74) is 1.93. The number of fused-ring (bicyclic) bond motifs is 1. The number of hydrogen-bond acceptors (Lipinski definition) is 7. The second-order valence-electron chi connectivity index (χ2n) is 9.11. The van der Waals surface area contributed by atoms with E-state index < -0.39 is 11.2 Å². The maximum atomic E-state index is 14.4. The third-order valence-corrected chi connectivity index (χ3v) is 8.10. The summed E-state index contributed by atoms with van der Waals surface area (Å²) in [5, 5.41) is 0.0936. The van der Waals surface area contributed by atoms with Crippen LogP contribution in [0.2, 0.25) is 5.02 Å². The third-order valence-electron chi connectivity index (χ3n) is 6.45. The Morgan fingerprint density at radius 3 is 2.18 bits per heavy atom. The summed E-state index contributed by atoms with van der Waals surface area (Å²) >= 11 is 7.69. The van der Waals surface area contributed by atoms with Gasteiger partial charge in [0.25, 0.3) is 0 Å². The van der Waals surface area contributed by atoms with Crippen molar-refractivity contribution in [2.45, 2.75) is 10.1 Å². The summed E-state index contributed by atoms with van der Waals surface area (Å²) in [6.45, 7) is 1.08. The number of Topliss-reactive ketones (excluding diaryl/α,β-unsaturated/α-hetero) is 1. The van der Waals surface area contributed by atoms with E-state index in [2.05, 4.69) is 0 Å². The Balaban J connectivity index is 1.89. The zero-order valence-corrected chi connectivity index (χ0v) is 23.6. The molecular formula is C29H31ClN2O5S. The van der Waals surface area contributed by atoms with Crippen molar-refractivity contribution in [2.75, 3.05) is 53.4 Å². The molecule has 200 valence electrons. The van der Waals surface area contributed by atoms with Crippen LogP contribution in [0.3, 0.4) is 0 Å². The van der Waals surface area contributed by atoms with Crippen molar-refractivity contribution >= 4 is 40.7 Å². The zero-order chi connectivity index (χ0) is 27.4. The number of nitrogens with zero attached hydrogens (tertiary/aromatic N) is 2. The molecule has 0 bridgehead atoms. The lowest BCUT2D eigenvalue weighted by Crippen LogP contribution is -2.43. The van der Waals surface area contributed by atoms with E-state index >= 15 is 0 Å². The van der Waals surface area contributed by atoms with Crippen molar-refractivity contribution in [2.24, 2.45) is 5.92 Å². The van der Waals surface area contributed by atoms with Crippen LogP contribution in [0.25, 0.3) is 0 Å². The molecule has 0 N–H and O–H groups in total. The van der Waals surface area contributed by atoms with E-state index in [1.165, 1.54) is 33.1 Å². The Morgan fingerprint density at radius 1 is 0.974 bits per heavy atom. The minimum atomic E-state index is -1.02. The van der Waals surface area contributed by atoms with Crippen LogP contribution < -0.4 is 19.1 Å². The summed E-state index contributed by atoms with van der Waals surface area (Å²) in [6, 6.07) is 18.3. The molecule has 3 aromatic rings. The zero-order valence-electron chi connectivity index (χ0n) is 22.1. The van der Waals surface area contributed by atoms with Gasteiger partial charge in [0.1, 0.15) is 5.92 Å². The van der Waals surface area contributed by atoms with E-state index in [4.69, 9.17) is 25.8 Å². The topological polar surface area (TPSA) is 68.3 Å². The first kappa shape index (κ1) is 27.8. The first-order valence-electron chi connectivity index (χ1n) is 12.1. The fraction of sp³-hybridized carbons (Fsp3) is 0.310. The van der Waals surface area contributed by atoms with Crippen LogP contribution in [0, 0.1) is 5.92 Å². The third kappa shape index (κ3) is 5.62. The number of benzene rings is 3. The number of ketones is 1. The normalized spacial score (nSPS) is 17.1. The lowest BCUT2D eigenvalue weighted by Gasteiger charge is -2.28. The number of halogens is 1. The van der Waals surface area contributed by atoms with Gasteiger partial charge in [0.05, 0.1) is 32.3 Å². The molecule has 0 spiro atoms. The molecule has 2 unspecified atom stereocenters. The number of likely N-dealkylation sites (N-methyl/N-ethyl adjacent to an activating group) is 1. The number of amides is 1. The van der Waals surface area contributed by atoms with Crippen LogP contribution >= 0.6 is 23.4 Å². The number of carbonyl (C=O) groups is 2. The van der Waals surface area contributed by atoms with Gasteiger partial charge in [-0.25, -0.2) is 0 Å². The number of rotatable bonds is 9. The van der Waals surface area contributed by atoms with Crippen LogP contribution in [0.5, 0.6) is 17.2 Å². The Kier molecular flexibility index (Phi) is 8.87. The van der Waals surface area contributed by atoms with Gasteiger partial charge in [-0.1, -0.05) is 35.9 Å². The number of methoxy groups -OCH3 is 3. The quantitative estimate of drug-likeness (QED) is 0.252. The maximum absolute atomic E-state index is 14.4. The first-order chi connectivity index (χ1) is 18.3. The van der Waals surface area contributed by atoms with Crippen molar-refractivity contribution in [3.63, 3.8) is 0 Å². The van der Waals surface area contributed by atoms with E-state index in [0.717, 1.165) is 16.1 Å². The van der Waals surface area contributed by atoms with Gasteiger partial charge in [-0.2, -0.15) is 0 Å². The van der Waals surface area contributed by atoms with Crippen LogP contribution in [-0.4, -0.2) is 65.1 Å². The highest BCUT2D eigenvalue weighted by atomic mass is 35.5. The monoisotopic (exact) mass is 554 g/mol. The van der Waals surface area contributed by atoms with E-state index in [9.17, 15) is 9.59 Å². The number of carbonyl (C=O) groups excluding carboxylic acids is 2. The summed E-state index contributed by atoms with van der Waals surface area (Å²) in [6.07, 6.45) is 0. The van der Waals surface area contributed by atoms with Crippen LogP contribution in [0.15, 0.2) is 65.6 Å². The first-order valence-corrected chi connectivity index (χ1v) is 13.4. The largest absolute Gasteiger partial charge is 0.493 e. The van der Waals surface area contributed by atoms with Crippen LogP contribution in [0.1, 0.15) is 21.2 Å². The summed E-state index contributed by atoms with van der Waals surface area (Å²) in [4.78, 5) is 33.4. The highest BCUT2D eigenvalue weighted by Crippen LogP contribution is 2.50. The van der Waals surface area contributed by atoms with Crippen molar-refractivity contribution in [1.82, 2.24) is 4.90 Å². The number of thioether (sulfide) groups is 1. The second-order valence-corrected chi connectivity index (χ2v) is 10.7. The van der Waals surface area contributed by atoms with Gasteiger partial charge < -0.3 is 24.0 Å². The molecule has 1 aliphatic rings. The van der Waals surface area contributed by atoms with Crippen LogP contribution in [0.4, 0.5) is 5.69 Å². The highest BCUT2D eigenvalue weighted by Gasteiger charge is 2.43. The maximum Gasteiger partial charge on any atom is 0.239 e. The Hall–Kier alpha value is -3.20. The van der Waals surface area contributed by atoms with Crippen LogP contribution in [-0.2, 0) is 4.79 Å². The predicted molar refractivity (Wildman–Crippen MR) is 151 cm³/mol. The number of hydrogen-bond donors (Lipinski definition) is 0. The molecule has 1 heterocycles. The van der Waals surface area contributed by atoms with E-state index in [1.54, 1.807) is 29.2 Å². The van der Waals surface area contributed by atoms with Gasteiger partial charge in [-0.3, -0.25) is 9.59 Å². The number of ether oxygens (including phenoxy) is 3. The van der Waals surface area contributed by atoms with Crippen molar-refractivity contribution in [3.05, 3.63) is 76.8 Å². The van der Waals surface area contributed by atoms with Crippen molar-refractivity contribution in [1.29, 1.82) is 0 Å². The Morgan fingerprint density at radius 2 is 1.61 bits per heavy atom. The van der Waals surface area contributed by atoms with Crippen molar-refractivity contribution in [3.8, 4) is 17.2 Å². The minimum Gasteiger partial charge on any atom is -0.493 e. The highest BCUT2D eigenvalue weighted by molar-refractivity contribution is 7.99. The van der Waals surface area contributed by atoms with E-state index in [-0.39, 0.29) is 11.7 Å². The summed E-state index contributed by atoms with van der Waals surface area (Å²) < 4.78 is 16.4. The molecule has 4 rings (SSSR count). The molecule has 1 amide bonds. The molecule has 0 aromatic heterocycles. The lowest BCUT2D eigenvalue weighted by molar-refractivity contribution is -0.121. The van der Waals surface area contributed by atoms with Gasteiger partial charge in [-0.05, 0) is 56.1 Å². The Bertz CT molecular complexity index is 1290. The fourth-order valence-electron chi connectivity index (χ4n) is 4.50. The Labute approximate surface area is 232 Å². The SMILES string of the molecule is COc1cc(C(=O)C2C(=O)N(CCN(C)C)c3ccccc3SC2c2ccc(Cl)cc2)cc(OC)c1OC. The van der Waals surface area contributed by atoms with Gasteiger partial charge in [0.2, 0.25) is 11.7 Å². The predicted octanol–water partition coefficient (Wildman–Crippen LogP) is 5.61. The van der Waals surface area contributed by atoms with Crippen molar-refractivity contribution < 1.29 is 23.8 Å². The lowest BCUT2D eigenvalue weighted by atomic mass is 9.89. The molecule has 1 aliphatic heterocycles. The molecule has 0 fully saturated rings. The molecule has 0 aliphatic carbocycles. The average Bonchev–Trinajstić information content (AvgIpc) is 3.04. The van der Waals surface area contributed by atoms with Gasteiger partial charge in [0, 0.05) is 28.6 Å². The average molecular weight is 555 g/mol. The molecule has 0 radical (unpaired) electrons. The molecule has 7 nitrogen and oxygen atoms in total. The standard InChI is InChI=1S/C29H31ClN2O5S/c1-31(2)14-15-32-21-8-6-7-9-24(21)38-28(18-10-12-20(30)13-11-18)25(29(32)34)26(33)19-16-22(35-3)27(37-5)23(17-19)36-4/h6-13,16-17,25,28H,14-15H2,1-5H3. The number of anilines is 1. The summed E-state index contributed by atoms with van der Waals surface area (Å²) in [7, 11) is 8.41. The molecule has 3 aromatic carbocycles. The minimum absolute atomic E-state index is 0.261. The van der Waals surface area contributed by atoms with Gasteiger partial charge >= 0.3 is 0 Å². The molecule has 0 saturated heterocycles. The second kappa shape index (κ2) is 12.1. The molecule has 2 atom stereocenters. The van der Waals surface area contributed by atoms with E-state index in [0.29, 0.717) is 40.9 Å². The smallest absolute Gasteiger partial charge is 0.239 e. The number of para-hydroxylation sites is 1. The van der Waals surface area contributed by atoms with E-state index in [1.807, 2.05) is 55.4 Å². The molecule has 38 heavy (non-hydrogen) atoms. The van der Waals surface area contributed by atoms with Gasteiger partial charge in [0.15, 0.2) is 17.3 Å². The molecular weight excluding hydrogens is 524 g/mol. The summed E-state index contributed by atoms with van der Waals surface area (Å²) in [5.74, 6) is -0.535. The van der Waals surface area contributed by atoms with Gasteiger partial charge in [-0.15, -0.1) is 11.8 Å². The molecule has 9 heteroatoms. The fourth-order valence-corrected chi connectivity index (χ4v) is 6.02. The molecule has 0 saturated carbocycles.